The zero-order valence-electron chi connectivity index (χ0n) is 18.2. The highest BCUT2D eigenvalue weighted by Crippen LogP contribution is 2.19. The minimum Gasteiger partial charge on any atom is -0.379 e. The van der Waals surface area contributed by atoms with Gasteiger partial charge in [-0.1, -0.05) is 19.1 Å². The van der Waals surface area contributed by atoms with Crippen molar-refractivity contribution in [1.29, 1.82) is 0 Å². The second kappa shape index (κ2) is 9.82. The average molecular weight is 473 g/mol. The molecule has 3 aromatic rings. The van der Waals surface area contributed by atoms with E-state index in [2.05, 4.69) is 10.4 Å². The van der Waals surface area contributed by atoms with E-state index < -0.39 is 10.0 Å². The van der Waals surface area contributed by atoms with Crippen LogP contribution in [0.1, 0.15) is 28.5 Å². The van der Waals surface area contributed by atoms with Gasteiger partial charge < -0.3 is 10.1 Å². The molecule has 1 aliphatic rings. The van der Waals surface area contributed by atoms with Gasteiger partial charge in [0.05, 0.1) is 41.3 Å². The third-order valence-electron chi connectivity index (χ3n) is 5.50. The smallest absolute Gasteiger partial charge is 0.255 e. The Hall–Kier alpha value is -3.08. The van der Waals surface area contributed by atoms with Crippen LogP contribution in [-0.2, 0) is 27.7 Å². The second-order valence-corrected chi connectivity index (χ2v) is 9.53. The molecule has 1 fully saturated rings. The molecule has 1 aliphatic heterocycles. The molecular formula is C23H25FN4O4S. The summed E-state index contributed by atoms with van der Waals surface area (Å²) in [5.41, 5.74) is 2.59. The topological polar surface area (TPSA) is 93.5 Å². The first-order valence-corrected chi connectivity index (χ1v) is 12.1. The van der Waals surface area contributed by atoms with E-state index in [1.165, 1.54) is 22.6 Å². The molecule has 1 saturated heterocycles. The lowest BCUT2D eigenvalue weighted by Gasteiger charge is -2.26. The van der Waals surface area contributed by atoms with E-state index in [-0.39, 0.29) is 23.2 Å². The molecular weight excluding hydrogens is 447 g/mol. The van der Waals surface area contributed by atoms with E-state index >= 15 is 0 Å². The maximum absolute atomic E-state index is 13.2. The van der Waals surface area contributed by atoms with E-state index in [0.717, 1.165) is 5.56 Å². The van der Waals surface area contributed by atoms with Gasteiger partial charge in [-0.3, -0.25) is 4.79 Å². The second-order valence-electron chi connectivity index (χ2n) is 7.59. The molecule has 1 N–H and O–H groups in total. The zero-order chi connectivity index (χ0) is 23.4. The average Bonchev–Trinajstić information content (AvgIpc) is 3.28. The SMILES string of the molecule is CCc1c(C(=O)NCc2ccc(S(=O)(=O)N3CCOCC3)cc2)cnn1-c1ccc(F)cc1. The molecule has 1 aromatic heterocycles. The first-order valence-electron chi connectivity index (χ1n) is 10.7. The molecule has 0 spiro atoms. The summed E-state index contributed by atoms with van der Waals surface area (Å²) in [4.78, 5) is 13.0. The number of benzene rings is 2. The number of rotatable bonds is 7. The molecule has 0 unspecified atom stereocenters. The van der Waals surface area contributed by atoms with Crippen LogP contribution in [-0.4, -0.2) is 54.7 Å². The molecule has 2 aromatic carbocycles. The zero-order valence-corrected chi connectivity index (χ0v) is 19.0. The van der Waals surface area contributed by atoms with Crippen LogP contribution in [0.25, 0.3) is 5.69 Å². The van der Waals surface area contributed by atoms with Gasteiger partial charge in [0.25, 0.3) is 5.91 Å². The third kappa shape index (κ3) is 4.97. The highest BCUT2D eigenvalue weighted by molar-refractivity contribution is 7.89. The highest BCUT2D eigenvalue weighted by Gasteiger charge is 2.26. The molecule has 0 saturated carbocycles. The van der Waals surface area contributed by atoms with Crippen molar-refractivity contribution < 1.29 is 22.3 Å². The van der Waals surface area contributed by atoms with Crippen molar-refractivity contribution in [3.8, 4) is 5.69 Å². The Bertz CT molecular complexity index is 1220. The van der Waals surface area contributed by atoms with Crippen molar-refractivity contribution in [2.45, 2.75) is 24.8 Å². The van der Waals surface area contributed by atoms with E-state index in [0.29, 0.717) is 49.7 Å². The van der Waals surface area contributed by atoms with E-state index in [9.17, 15) is 17.6 Å². The van der Waals surface area contributed by atoms with Crippen molar-refractivity contribution in [1.82, 2.24) is 19.4 Å². The van der Waals surface area contributed by atoms with Gasteiger partial charge in [-0.05, 0) is 48.4 Å². The van der Waals surface area contributed by atoms with Gasteiger partial charge in [-0.25, -0.2) is 17.5 Å². The molecule has 0 aliphatic carbocycles. The Morgan fingerprint density at radius 2 is 1.76 bits per heavy atom. The van der Waals surface area contributed by atoms with Crippen molar-refractivity contribution in [2.75, 3.05) is 26.3 Å². The fourth-order valence-electron chi connectivity index (χ4n) is 3.70. The van der Waals surface area contributed by atoms with E-state index in [1.54, 1.807) is 41.1 Å². The van der Waals surface area contributed by atoms with E-state index in [4.69, 9.17) is 4.74 Å². The van der Waals surface area contributed by atoms with Crippen LogP contribution in [0.5, 0.6) is 0 Å². The maximum Gasteiger partial charge on any atom is 0.255 e. The predicted octanol–water partition coefficient (Wildman–Crippen LogP) is 2.52. The molecule has 0 bridgehead atoms. The van der Waals surface area contributed by atoms with E-state index in [1.807, 2.05) is 6.92 Å². The summed E-state index contributed by atoms with van der Waals surface area (Å²) in [6.07, 6.45) is 2.06. The lowest BCUT2D eigenvalue weighted by atomic mass is 10.1. The predicted molar refractivity (Wildman–Crippen MR) is 120 cm³/mol. The Balaban J connectivity index is 1.43. The minimum atomic E-state index is -3.56. The standard InChI is InChI=1S/C23H25FN4O4S/c1-2-22-21(16-26-28(22)19-7-5-18(24)6-8-19)23(29)25-15-17-3-9-20(10-4-17)33(30,31)27-11-13-32-14-12-27/h3-10,16H,2,11-15H2,1H3,(H,25,29). The van der Waals surface area contributed by atoms with Gasteiger partial charge in [-0.15, -0.1) is 0 Å². The van der Waals surface area contributed by atoms with Crippen LogP contribution < -0.4 is 5.32 Å². The Labute approximate surface area is 192 Å². The number of carbonyl (C=O) groups is 1. The normalized spacial score (nSPS) is 14.8. The van der Waals surface area contributed by atoms with Gasteiger partial charge in [0.15, 0.2) is 0 Å². The Morgan fingerprint density at radius 3 is 2.39 bits per heavy atom. The number of halogens is 1. The number of morpholine rings is 1. The largest absolute Gasteiger partial charge is 0.379 e. The number of carbonyl (C=O) groups excluding carboxylic acids is 1. The van der Waals surface area contributed by atoms with Gasteiger partial charge in [-0.2, -0.15) is 9.40 Å². The quantitative estimate of drug-likeness (QED) is 0.570. The lowest BCUT2D eigenvalue weighted by Crippen LogP contribution is -2.40. The number of hydrogen-bond acceptors (Lipinski definition) is 5. The number of sulfonamides is 1. The maximum atomic E-state index is 13.2. The Kier molecular flexibility index (Phi) is 6.87. The summed E-state index contributed by atoms with van der Waals surface area (Å²) in [6, 6.07) is 12.4. The molecule has 0 atom stereocenters. The van der Waals surface area contributed by atoms with Crippen LogP contribution in [0.4, 0.5) is 4.39 Å². The van der Waals surface area contributed by atoms with Crippen LogP contribution in [0.3, 0.4) is 0 Å². The molecule has 1 amide bonds. The summed E-state index contributed by atoms with van der Waals surface area (Å²) in [7, 11) is -3.56. The summed E-state index contributed by atoms with van der Waals surface area (Å²) < 4.78 is 46.9. The molecule has 33 heavy (non-hydrogen) atoms. The number of hydrogen-bond donors (Lipinski definition) is 1. The monoisotopic (exact) mass is 472 g/mol. The van der Waals surface area contributed by atoms with Crippen LogP contribution in [0.2, 0.25) is 0 Å². The summed E-state index contributed by atoms with van der Waals surface area (Å²) in [6.45, 7) is 3.61. The third-order valence-corrected chi connectivity index (χ3v) is 7.42. The fraction of sp³-hybridized carbons (Fsp3) is 0.304. The first-order chi connectivity index (χ1) is 15.9. The highest BCUT2D eigenvalue weighted by atomic mass is 32.2. The van der Waals surface area contributed by atoms with Crippen molar-refractivity contribution in [3.63, 3.8) is 0 Å². The molecule has 2 heterocycles. The van der Waals surface area contributed by atoms with Gasteiger partial charge >= 0.3 is 0 Å². The van der Waals surface area contributed by atoms with Gasteiger partial charge in [0.2, 0.25) is 10.0 Å². The molecule has 10 heteroatoms. The van der Waals surface area contributed by atoms with Crippen LogP contribution in [0.15, 0.2) is 59.6 Å². The number of nitrogens with one attached hydrogen (secondary N) is 1. The number of aromatic nitrogens is 2. The Morgan fingerprint density at radius 1 is 1.09 bits per heavy atom. The lowest BCUT2D eigenvalue weighted by molar-refractivity contribution is 0.0730. The number of amides is 1. The molecule has 8 nitrogen and oxygen atoms in total. The van der Waals surface area contributed by atoms with Gasteiger partial charge in [0, 0.05) is 19.6 Å². The fourth-order valence-corrected chi connectivity index (χ4v) is 5.11. The first kappa shape index (κ1) is 23.1. The molecule has 174 valence electrons. The molecule has 4 rings (SSSR count). The summed E-state index contributed by atoms with van der Waals surface area (Å²) in [5, 5.41) is 7.16. The van der Waals surface area contributed by atoms with Crippen LogP contribution in [0, 0.1) is 5.82 Å². The van der Waals surface area contributed by atoms with Crippen LogP contribution >= 0.6 is 0 Å². The summed E-state index contributed by atoms with van der Waals surface area (Å²) in [5.74, 6) is -0.629. The van der Waals surface area contributed by atoms with Gasteiger partial charge in [0.1, 0.15) is 5.82 Å². The van der Waals surface area contributed by atoms with Crippen molar-refractivity contribution in [3.05, 3.63) is 77.4 Å². The van der Waals surface area contributed by atoms with Crippen molar-refractivity contribution >= 4 is 15.9 Å². The number of ether oxygens (including phenoxy) is 1. The summed E-state index contributed by atoms with van der Waals surface area (Å²) >= 11 is 0. The van der Waals surface area contributed by atoms with Crippen molar-refractivity contribution in [2.24, 2.45) is 0 Å². The minimum absolute atomic E-state index is 0.216. The molecule has 0 radical (unpaired) electrons. The number of nitrogens with zero attached hydrogens (tertiary/aromatic N) is 3.